The summed E-state index contributed by atoms with van der Waals surface area (Å²) in [5.41, 5.74) is 1.18. The fraction of sp³-hybridized carbons (Fsp3) is 0.150. The second kappa shape index (κ2) is 8.43. The maximum absolute atomic E-state index is 13.6. The number of benzene rings is 2. The molecule has 0 radical (unpaired) electrons. The quantitative estimate of drug-likeness (QED) is 0.686. The highest BCUT2D eigenvalue weighted by molar-refractivity contribution is 5.95. The molecule has 1 aromatic heterocycles. The maximum Gasteiger partial charge on any atom is 0.254 e. The molecule has 0 saturated heterocycles. The third kappa shape index (κ3) is 4.59. The van der Waals surface area contributed by atoms with Gasteiger partial charge in [0.05, 0.1) is 5.56 Å². The van der Waals surface area contributed by atoms with E-state index in [4.69, 9.17) is 0 Å². The van der Waals surface area contributed by atoms with Crippen LogP contribution in [0.2, 0.25) is 0 Å². The van der Waals surface area contributed by atoms with Crippen LogP contribution in [0.1, 0.15) is 16.8 Å². The Morgan fingerprint density at radius 2 is 1.96 bits per heavy atom. The Kier molecular flexibility index (Phi) is 5.78. The summed E-state index contributed by atoms with van der Waals surface area (Å²) in [5, 5.41) is 5.19. The van der Waals surface area contributed by atoms with E-state index in [1.165, 1.54) is 0 Å². The zero-order valence-electron chi connectivity index (χ0n) is 15.1. The van der Waals surface area contributed by atoms with Gasteiger partial charge in [0, 0.05) is 49.7 Å². The predicted octanol–water partition coefficient (Wildman–Crippen LogP) is 3.12. The van der Waals surface area contributed by atoms with Crippen LogP contribution < -0.4 is 10.6 Å². The predicted molar refractivity (Wildman–Crippen MR) is 101 cm³/mol. The average Bonchev–Trinajstić information content (AvgIpc) is 3.07. The number of imidazole rings is 1. The molecule has 0 fully saturated rings. The van der Waals surface area contributed by atoms with Crippen LogP contribution in [0.15, 0.2) is 54.9 Å². The molecule has 3 rings (SSSR count). The van der Waals surface area contributed by atoms with Crippen LogP contribution in [0, 0.1) is 11.6 Å². The molecule has 2 amide bonds. The summed E-state index contributed by atoms with van der Waals surface area (Å²) in [4.78, 5) is 28.3. The highest BCUT2D eigenvalue weighted by Gasteiger charge is 2.13. The lowest BCUT2D eigenvalue weighted by Crippen LogP contribution is -2.28. The van der Waals surface area contributed by atoms with Crippen LogP contribution >= 0.6 is 0 Å². The summed E-state index contributed by atoms with van der Waals surface area (Å²) in [6.45, 7) is 0.0144. The normalized spacial score (nSPS) is 10.5. The molecule has 8 heteroatoms. The van der Waals surface area contributed by atoms with Gasteiger partial charge in [-0.1, -0.05) is 12.1 Å². The van der Waals surface area contributed by atoms with Gasteiger partial charge < -0.3 is 15.2 Å². The highest BCUT2D eigenvalue weighted by Crippen LogP contribution is 2.20. The van der Waals surface area contributed by atoms with Crippen molar-refractivity contribution in [1.29, 1.82) is 0 Å². The van der Waals surface area contributed by atoms with Crippen molar-refractivity contribution < 1.29 is 18.4 Å². The molecule has 0 bridgehead atoms. The monoisotopic (exact) mass is 384 g/mol. The van der Waals surface area contributed by atoms with Crippen LogP contribution in [0.3, 0.4) is 0 Å². The highest BCUT2D eigenvalue weighted by atomic mass is 19.1. The number of rotatable bonds is 6. The summed E-state index contributed by atoms with van der Waals surface area (Å²) in [7, 11) is 1.88. The van der Waals surface area contributed by atoms with Crippen molar-refractivity contribution in [1.82, 2.24) is 14.9 Å². The van der Waals surface area contributed by atoms with Crippen molar-refractivity contribution in [3.8, 4) is 11.4 Å². The van der Waals surface area contributed by atoms with Crippen molar-refractivity contribution in [3.05, 3.63) is 72.1 Å². The van der Waals surface area contributed by atoms with Gasteiger partial charge >= 0.3 is 0 Å². The lowest BCUT2D eigenvalue weighted by Gasteiger charge is -2.09. The van der Waals surface area contributed by atoms with E-state index < -0.39 is 17.5 Å². The number of aromatic nitrogens is 2. The Labute approximate surface area is 160 Å². The van der Waals surface area contributed by atoms with Gasteiger partial charge in [-0.25, -0.2) is 13.8 Å². The van der Waals surface area contributed by atoms with E-state index in [9.17, 15) is 18.4 Å². The number of nitrogens with one attached hydrogen (secondary N) is 2. The molecule has 0 aliphatic carbocycles. The Morgan fingerprint density at radius 3 is 2.68 bits per heavy atom. The molecule has 0 saturated carbocycles. The fourth-order valence-corrected chi connectivity index (χ4v) is 2.66. The lowest BCUT2D eigenvalue weighted by molar-refractivity contribution is -0.116. The summed E-state index contributed by atoms with van der Waals surface area (Å²) in [6, 6.07) is 9.93. The van der Waals surface area contributed by atoms with Crippen molar-refractivity contribution in [2.75, 3.05) is 11.9 Å². The van der Waals surface area contributed by atoms with E-state index in [1.807, 2.05) is 23.9 Å². The number of anilines is 1. The average molecular weight is 384 g/mol. The van der Waals surface area contributed by atoms with Gasteiger partial charge in [0.15, 0.2) is 0 Å². The molecule has 3 aromatic rings. The molecule has 0 unspecified atom stereocenters. The molecule has 1 heterocycles. The van der Waals surface area contributed by atoms with Gasteiger partial charge in [0.2, 0.25) is 5.91 Å². The van der Waals surface area contributed by atoms with Gasteiger partial charge in [0.25, 0.3) is 5.91 Å². The summed E-state index contributed by atoms with van der Waals surface area (Å²) < 4.78 is 28.3. The summed E-state index contributed by atoms with van der Waals surface area (Å²) >= 11 is 0. The number of nitrogens with zero attached hydrogens (tertiary/aromatic N) is 2. The largest absolute Gasteiger partial charge is 0.351 e. The van der Waals surface area contributed by atoms with Crippen LogP contribution in [0.25, 0.3) is 11.4 Å². The smallest absolute Gasteiger partial charge is 0.254 e. The Hall–Kier alpha value is -3.55. The Morgan fingerprint density at radius 1 is 1.14 bits per heavy atom. The first-order valence-corrected chi connectivity index (χ1v) is 8.55. The van der Waals surface area contributed by atoms with Crippen LogP contribution in [-0.4, -0.2) is 27.9 Å². The second-order valence-corrected chi connectivity index (χ2v) is 6.12. The molecular formula is C20H18F2N4O2. The first kappa shape index (κ1) is 19.2. The Balaban J connectivity index is 1.53. The topological polar surface area (TPSA) is 76.0 Å². The zero-order chi connectivity index (χ0) is 20.1. The fourth-order valence-electron chi connectivity index (χ4n) is 2.66. The molecule has 2 aromatic carbocycles. The number of aryl methyl sites for hydroxylation is 1. The minimum Gasteiger partial charge on any atom is -0.351 e. The number of hydrogen-bond donors (Lipinski definition) is 2. The first-order chi connectivity index (χ1) is 13.4. The SMILES string of the molecule is Cn1ccnc1-c1cccc(NC(=O)CCNC(=O)c2ccc(F)cc2F)c1. The van der Waals surface area contributed by atoms with E-state index in [-0.39, 0.29) is 24.4 Å². The standard InChI is InChI=1S/C20H18F2N4O2/c1-26-10-9-23-19(26)13-3-2-4-15(11-13)25-18(27)7-8-24-20(28)16-6-5-14(21)12-17(16)22/h2-6,9-12H,7-8H2,1H3,(H,24,28)(H,25,27). The van der Waals surface area contributed by atoms with E-state index in [1.54, 1.807) is 24.4 Å². The van der Waals surface area contributed by atoms with Crippen molar-refractivity contribution in [2.24, 2.45) is 7.05 Å². The van der Waals surface area contributed by atoms with Crippen molar-refractivity contribution in [3.63, 3.8) is 0 Å². The third-order valence-corrected chi connectivity index (χ3v) is 4.04. The van der Waals surface area contributed by atoms with Crippen molar-refractivity contribution in [2.45, 2.75) is 6.42 Å². The van der Waals surface area contributed by atoms with Crippen LogP contribution in [-0.2, 0) is 11.8 Å². The Bertz CT molecular complexity index is 1020. The van der Waals surface area contributed by atoms with Gasteiger partial charge in [0.1, 0.15) is 17.5 Å². The number of amides is 2. The molecule has 0 atom stereocenters. The summed E-state index contributed by atoms with van der Waals surface area (Å²) in [5.74, 6) is -1.96. The molecule has 0 aliphatic rings. The number of carbonyl (C=O) groups is 2. The van der Waals surface area contributed by atoms with Gasteiger partial charge in [-0.15, -0.1) is 0 Å². The molecule has 2 N–H and O–H groups in total. The number of hydrogen-bond acceptors (Lipinski definition) is 3. The molecule has 6 nitrogen and oxygen atoms in total. The van der Waals surface area contributed by atoms with Crippen LogP contribution in [0.5, 0.6) is 0 Å². The summed E-state index contributed by atoms with van der Waals surface area (Å²) in [6.07, 6.45) is 3.52. The maximum atomic E-state index is 13.6. The van der Waals surface area contributed by atoms with E-state index in [2.05, 4.69) is 15.6 Å². The minimum absolute atomic E-state index is 0.00118. The van der Waals surface area contributed by atoms with E-state index in [0.29, 0.717) is 11.8 Å². The van der Waals surface area contributed by atoms with Gasteiger partial charge in [-0.2, -0.15) is 0 Å². The van der Waals surface area contributed by atoms with Crippen LogP contribution in [0.4, 0.5) is 14.5 Å². The minimum atomic E-state index is -0.951. The third-order valence-electron chi connectivity index (χ3n) is 4.04. The van der Waals surface area contributed by atoms with Gasteiger partial charge in [-0.3, -0.25) is 9.59 Å². The number of halogens is 2. The molecule has 144 valence electrons. The van der Waals surface area contributed by atoms with E-state index >= 15 is 0 Å². The van der Waals surface area contributed by atoms with E-state index in [0.717, 1.165) is 23.5 Å². The number of carbonyl (C=O) groups excluding carboxylic acids is 2. The zero-order valence-corrected chi connectivity index (χ0v) is 15.1. The molecule has 28 heavy (non-hydrogen) atoms. The molecule has 0 aliphatic heterocycles. The molecular weight excluding hydrogens is 366 g/mol. The van der Waals surface area contributed by atoms with Gasteiger partial charge in [-0.05, 0) is 24.3 Å². The lowest BCUT2D eigenvalue weighted by atomic mass is 10.2. The second-order valence-electron chi connectivity index (χ2n) is 6.12. The molecule has 0 spiro atoms. The van der Waals surface area contributed by atoms with Crippen molar-refractivity contribution >= 4 is 17.5 Å². The first-order valence-electron chi connectivity index (χ1n) is 8.55.